The molecule has 0 radical (unpaired) electrons. The number of nitrogens with zero attached hydrogens (tertiary/aromatic N) is 2. The van der Waals surface area contributed by atoms with Crippen molar-refractivity contribution in [2.24, 2.45) is 10.8 Å². The summed E-state index contributed by atoms with van der Waals surface area (Å²) in [6, 6.07) is 12.1. The second-order valence-corrected chi connectivity index (χ2v) is 6.87. The number of sulfonamides is 1. The maximum absolute atomic E-state index is 12.9. The van der Waals surface area contributed by atoms with E-state index < -0.39 is 22.0 Å². The van der Waals surface area contributed by atoms with Crippen molar-refractivity contribution in [1.82, 2.24) is 4.41 Å². The van der Waals surface area contributed by atoms with Crippen molar-refractivity contribution < 1.29 is 22.7 Å². The van der Waals surface area contributed by atoms with Crippen LogP contribution in [0.25, 0.3) is 0 Å². The number of guanidine groups is 1. The molecule has 0 aliphatic rings. The lowest BCUT2D eigenvalue weighted by Gasteiger charge is -2.18. The number of esters is 1. The van der Waals surface area contributed by atoms with Crippen LogP contribution < -0.4 is 10.5 Å². The summed E-state index contributed by atoms with van der Waals surface area (Å²) in [5.41, 5.74) is 5.77. The van der Waals surface area contributed by atoms with Crippen LogP contribution in [-0.4, -0.2) is 45.2 Å². The van der Waals surface area contributed by atoms with Crippen LogP contribution in [0.2, 0.25) is 0 Å². The van der Waals surface area contributed by atoms with Crippen molar-refractivity contribution in [3.8, 4) is 5.75 Å². The third-order valence-corrected chi connectivity index (χ3v) is 5.09. The van der Waals surface area contributed by atoms with Gasteiger partial charge in [0.15, 0.2) is 0 Å². The zero-order valence-corrected chi connectivity index (χ0v) is 15.4. The minimum Gasteiger partial charge on any atom is -0.497 e. The van der Waals surface area contributed by atoms with Crippen molar-refractivity contribution in [2.75, 3.05) is 14.2 Å². The Kier molecular flexibility index (Phi) is 6.14. The first kappa shape index (κ1) is 19.9. The van der Waals surface area contributed by atoms with Gasteiger partial charge in [0.1, 0.15) is 10.6 Å². The van der Waals surface area contributed by atoms with E-state index in [1.165, 1.54) is 37.6 Å². The molecule has 142 valence electrons. The highest BCUT2D eigenvalue weighted by Gasteiger charge is 2.30. The van der Waals surface area contributed by atoms with Crippen molar-refractivity contribution in [2.45, 2.75) is 4.90 Å². The quantitative estimate of drug-likeness (QED) is 0.331. The van der Waals surface area contributed by atoms with Crippen LogP contribution in [0.5, 0.6) is 5.75 Å². The molecule has 2 rings (SSSR count). The van der Waals surface area contributed by atoms with Crippen LogP contribution in [0.4, 0.5) is 0 Å². The van der Waals surface area contributed by atoms with Gasteiger partial charge in [-0.2, -0.15) is 13.5 Å². The lowest BCUT2D eigenvalue weighted by molar-refractivity contribution is 0.0596. The summed E-state index contributed by atoms with van der Waals surface area (Å²) >= 11 is 0. The van der Waals surface area contributed by atoms with Crippen molar-refractivity contribution in [3.63, 3.8) is 0 Å². The molecule has 0 aliphatic carbocycles. The van der Waals surface area contributed by atoms with Crippen molar-refractivity contribution in [3.05, 3.63) is 59.7 Å². The molecule has 0 atom stereocenters. The number of ether oxygens (including phenoxy) is 2. The van der Waals surface area contributed by atoms with Crippen LogP contribution in [0.1, 0.15) is 15.9 Å². The van der Waals surface area contributed by atoms with Gasteiger partial charge < -0.3 is 15.2 Å². The number of carbonyl (C=O) groups is 1. The molecule has 0 bridgehead atoms. The van der Waals surface area contributed by atoms with E-state index in [2.05, 4.69) is 9.84 Å². The molecule has 3 N–H and O–H groups in total. The highest BCUT2D eigenvalue weighted by molar-refractivity contribution is 7.89. The van der Waals surface area contributed by atoms with Gasteiger partial charge in [0.25, 0.3) is 10.0 Å². The predicted octanol–water partition coefficient (Wildman–Crippen LogP) is 1.40. The summed E-state index contributed by atoms with van der Waals surface area (Å²) in [4.78, 5) is 11.5. The maximum atomic E-state index is 12.9. The Balaban J connectivity index is 2.45. The van der Waals surface area contributed by atoms with Gasteiger partial charge in [0, 0.05) is 0 Å². The molecular formula is C17H18N4O5S. The molecular weight excluding hydrogens is 372 g/mol. The van der Waals surface area contributed by atoms with Crippen LogP contribution in [0.3, 0.4) is 0 Å². The lowest BCUT2D eigenvalue weighted by Crippen LogP contribution is -2.38. The third kappa shape index (κ3) is 4.42. The average molecular weight is 390 g/mol. The van der Waals surface area contributed by atoms with E-state index in [1.54, 1.807) is 24.3 Å². The first-order valence-electron chi connectivity index (χ1n) is 7.56. The maximum Gasteiger partial charge on any atom is 0.339 e. The lowest BCUT2D eigenvalue weighted by atomic mass is 10.2. The molecule has 0 amide bonds. The molecule has 2 aromatic rings. The highest BCUT2D eigenvalue weighted by Crippen LogP contribution is 2.21. The SMILES string of the molecule is COC(=O)c1ccccc1S(=O)(=O)N(/N=C/c1ccc(OC)cc1)C(=N)N. The Morgan fingerprint density at radius 3 is 2.33 bits per heavy atom. The normalized spacial score (nSPS) is 11.2. The molecule has 2 aromatic carbocycles. The Morgan fingerprint density at radius 2 is 1.78 bits per heavy atom. The van der Waals surface area contributed by atoms with E-state index >= 15 is 0 Å². The molecule has 9 nitrogen and oxygen atoms in total. The van der Waals surface area contributed by atoms with Gasteiger partial charge in [-0.1, -0.05) is 12.1 Å². The standard InChI is InChI=1S/C17H18N4O5S/c1-25-13-9-7-12(8-10-13)11-20-21(17(18)19)27(23,24)15-6-4-3-5-14(15)16(22)26-2/h3-11H,1-2H3,(H3,18,19)/b20-11+. The monoisotopic (exact) mass is 390 g/mol. The third-order valence-electron chi connectivity index (χ3n) is 3.43. The summed E-state index contributed by atoms with van der Waals surface area (Å²) in [6.45, 7) is 0. The highest BCUT2D eigenvalue weighted by atomic mass is 32.2. The molecule has 0 aromatic heterocycles. The van der Waals surface area contributed by atoms with Gasteiger partial charge in [-0.3, -0.25) is 5.41 Å². The van der Waals surface area contributed by atoms with Crippen molar-refractivity contribution in [1.29, 1.82) is 5.41 Å². The smallest absolute Gasteiger partial charge is 0.339 e. The zero-order chi connectivity index (χ0) is 20.0. The summed E-state index contributed by atoms with van der Waals surface area (Å²) in [6.07, 6.45) is 1.22. The fourth-order valence-electron chi connectivity index (χ4n) is 2.13. The average Bonchev–Trinajstić information content (AvgIpc) is 2.67. The second-order valence-electron chi connectivity index (χ2n) is 5.14. The number of hydrazone groups is 1. The van der Waals surface area contributed by atoms with Gasteiger partial charge >= 0.3 is 5.97 Å². The number of nitrogens with one attached hydrogen (secondary N) is 1. The largest absolute Gasteiger partial charge is 0.497 e. The zero-order valence-electron chi connectivity index (χ0n) is 14.6. The topological polar surface area (TPSA) is 135 Å². The second kappa shape index (κ2) is 8.32. The molecule has 27 heavy (non-hydrogen) atoms. The predicted molar refractivity (Wildman–Crippen MR) is 99.3 cm³/mol. The van der Waals surface area contributed by atoms with Crippen LogP contribution in [-0.2, 0) is 14.8 Å². The van der Waals surface area contributed by atoms with Gasteiger partial charge in [0.05, 0.1) is 26.0 Å². The fraction of sp³-hybridized carbons (Fsp3) is 0.118. The van der Waals surface area contributed by atoms with Gasteiger partial charge in [-0.15, -0.1) is 4.41 Å². The van der Waals surface area contributed by atoms with Crippen LogP contribution in [0, 0.1) is 5.41 Å². The van der Waals surface area contributed by atoms with E-state index in [0.29, 0.717) is 15.7 Å². The summed E-state index contributed by atoms with van der Waals surface area (Å²) in [5, 5.41) is 11.4. The number of carbonyl (C=O) groups excluding carboxylic acids is 1. The number of methoxy groups -OCH3 is 2. The van der Waals surface area contributed by atoms with E-state index in [0.717, 1.165) is 7.11 Å². The molecule has 0 spiro atoms. The Labute approximate surface area is 156 Å². The minimum atomic E-state index is -4.41. The molecule has 0 heterocycles. The number of rotatable bonds is 6. The fourth-order valence-corrected chi connectivity index (χ4v) is 3.42. The molecule has 0 aliphatic heterocycles. The van der Waals surface area contributed by atoms with E-state index in [1.807, 2.05) is 0 Å². The van der Waals surface area contributed by atoms with Gasteiger partial charge in [0.2, 0.25) is 5.96 Å². The Hall–Kier alpha value is -3.40. The van der Waals surface area contributed by atoms with E-state index in [-0.39, 0.29) is 10.5 Å². The first-order valence-corrected chi connectivity index (χ1v) is 9.00. The van der Waals surface area contributed by atoms with Crippen LogP contribution in [0.15, 0.2) is 58.5 Å². The first-order chi connectivity index (χ1) is 12.8. The summed E-state index contributed by atoms with van der Waals surface area (Å²) < 4.78 is 35.8. The van der Waals surface area contributed by atoms with Crippen LogP contribution >= 0.6 is 0 Å². The number of benzene rings is 2. The molecule has 0 unspecified atom stereocenters. The molecule has 0 saturated heterocycles. The minimum absolute atomic E-state index is 0.189. The number of hydrogen-bond donors (Lipinski definition) is 2. The summed E-state index contributed by atoms with van der Waals surface area (Å²) in [7, 11) is -1.75. The summed E-state index contributed by atoms with van der Waals surface area (Å²) in [5.74, 6) is -1.05. The van der Waals surface area contributed by atoms with E-state index in [9.17, 15) is 13.2 Å². The molecule has 10 heteroatoms. The Morgan fingerprint density at radius 1 is 1.15 bits per heavy atom. The van der Waals surface area contributed by atoms with Gasteiger partial charge in [-0.25, -0.2) is 4.79 Å². The van der Waals surface area contributed by atoms with E-state index in [4.69, 9.17) is 15.9 Å². The Bertz CT molecular complexity index is 971. The number of nitrogens with two attached hydrogens (primary N) is 1. The number of hydrogen-bond acceptors (Lipinski definition) is 7. The van der Waals surface area contributed by atoms with Crippen molar-refractivity contribution >= 4 is 28.2 Å². The molecule has 0 fully saturated rings. The van der Waals surface area contributed by atoms with Gasteiger partial charge in [-0.05, 0) is 42.0 Å². The molecule has 0 saturated carbocycles.